The Hall–Kier alpha value is -2.11. The number of carbonyl (C=O) groups excluding carboxylic acids is 3. The average Bonchev–Trinajstić information content (AvgIpc) is 3.02. The van der Waals surface area contributed by atoms with Gasteiger partial charge < -0.3 is 0 Å². The number of imide groups is 1. The predicted molar refractivity (Wildman–Crippen MR) is 131 cm³/mol. The summed E-state index contributed by atoms with van der Waals surface area (Å²) in [5, 5.41) is 13.3. The van der Waals surface area contributed by atoms with E-state index in [9.17, 15) is 24.5 Å². The minimum Gasteiger partial charge on any atom is -0.272 e. The number of hydrazine groups is 1. The monoisotopic (exact) mass is 641 g/mol. The molecule has 1 saturated heterocycles. The molecular formula is C22H18Br3N3O5. The Bertz CT molecular complexity index is 1100. The summed E-state index contributed by atoms with van der Waals surface area (Å²) in [6.07, 6.45) is 0.942. The van der Waals surface area contributed by atoms with E-state index in [2.05, 4.69) is 47.8 Å². The lowest BCUT2D eigenvalue weighted by Gasteiger charge is -2.30. The van der Waals surface area contributed by atoms with Crippen LogP contribution in [0.2, 0.25) is 0 Å². The largest absolute Gasteiger partial charge is 0.273 e. The highest BCUT2D eigenvalue weighted by Gasteiger charge is 2.54. The van der Waals surface area contributed by atoms with E-state index < -0.39 is 34.5 Å². The van der Waals surface area contributed by atoms with Gasteiger partial charge in [0.25, 0.3) is 23.4 Å². The number of benzene rings is 2. The van der Waals surface area contributed by atoms with Crippen LogP contribution in [0.25, 0.3) is 0 Å². The van der Waals surface area contributed by atoms with Gasteiger partial charge in [-0.2, -0.15) is 5.01 Å². The Kier molecular flexibility index (Phi) is 7.01. The van der Waals surface area contributed by atoms with Crippen molar-refractivity contribution in [3.05, 3.63) is 74.2 Å². The van der Waals surface area contributed by atoms with Gasteiger partial charge in [0, 0.05) is 31.8 Å². The first-order valence-corrected chi connectivity index (χ1v) is 12.8. The number of alkyl halides is 2. The summed E-state index contributed by atoms with van der Waals surface area (Å²) in [6, 6.07) is 12.4. The Labute approximate surface area is 214 Å². The summed E-state index contributed by atoms with van der Waals surface area (Å²) in [7, 11) is 0. The first kappa shape index (κ1) is 24.0. The molecule has 33 heavy (non-hydrogen) atoms. The number of nitro benzene ring substituents is 1. The summed E-state index contributed by atoms with van der Waals surface area (Å²) in [5.41, 5.74) is 0.471. The molecular weight excluding hydrogens is 626 g/mol. The zero-order valence-corrected chi connectivity index (χ0v) is 21.8. The van der Waals surface area contributed by atoms with E-state index in [1.54, 1.807) is 24.3 Å². The molecule has 8 nitrogen and oxygen atoms in total. The lowest BCUT2D eigenvalue weighted by atomic mass is 9.81. The fraction of sp³-hybridized carbons (Fsp3) is 0.318. The molecule has 1 aliphatic heterocycles. The van der Waals surface area contributed by atoms with E-state index in [4.69, 9.17) is 0 Å². The van der Waals surface area contributed by atoms with E-state index in [1.807, 2.05) is 0 Å². The van der Waals surface area contributed by atoms with Crippen LogP contribution in [0.1, 0.15) is 28.8 Å². The third kappa shape index (κ3) is 4.76. The molecule has 0 unspecified atom stereocenters. The van der Waals surface area contributed by atoms with Gasteiger partial charge >= 0.3 is 0 Å². The highest BCUT2D eigenvalue weighted by atomic mass is 79.9. The molecule has 0 N–H and O–H groups in total. The highest BCUT2D eigenvalue weighted by Crippen LogP contribution is 2.44. The van der Waals surface area contributed by atoms with E-state index in [-0.39, 0.29) is 27.4 Å². The van der Waals surface area contributed by atoms with Crippen molar-refractivity contribution < 1.29 is 19.3 Å². The number of carbonyl (C=O) groups is 3. The molecule has 11 heteroatoms. The number of amides is 3. The fourth-order valence-electron chi connectivity index (χ4n) is 4.21. The molecule has 2 aliphatic rings. The molecule has 1 aliphatic carbocycles. The third-order valence-corrected chi connectivity index (χ3v) is 9.18. The van der Waals surface area contributed by atoms with Crippen LogP contribution in [-0.2, 0) is 16.1 Å². The number of rotatable bonds is 5. The van der Waals surface area contributed by atoms with Gasteiger partial charge in [-0.15, -0.1) is 0 Å². The van der Waals surface area contributed by atoms with Crippen LogP contribution in [-0.4, -0.2) is 42.3 Å². The molecule has 1 saturated carbocycles. The maximum atomic E-state index is 13.5. The molecule has 4 atom stereocenters. The van der Waals surface area contributed by atoms with Crippen LogP contribution in [0, 0.1) is 22.0 Å². The van der Waals surface area contributed by atoms with Gasteiger partial charge in [-0.1, -0.05) is 66.0 Å². The van der Waals surface area contributed by atoms with Crippen molar-refractivity contribution in [2.75, 3.05) is 0 Å². The number of non-ortho nitro benzene ring substituents is 1. The fourth-order valence-corrected chi connectivity index (χ4v) is 5.71. The summed E-state index contributed by atoms with van der Waals surface area (Å²) < 4.78 is 0.842. The second-order valence-electron chi connectivity index (χ2n) is 8.00. The van der Waals surface area contributed by atoms with E-state index in [0.717, 1.165) is 20.6 Å². The number of fused-ring (bicyclic) bond motifs is 1. The van der Waals surface area contributed by atoms with Crippen molar-refractivity contribution in [1.29, 1.82) is 0 Å². The third-order valence-electron chi connectivity index (χ3n) is 5.91. The zero-order valence-electron chi connectivity index (χ0n) is 17.1. The van der Waals surface area contributed by atoms with Gasteiger partial charge in [-0.25, -0.2) is 5.01 Å². The molecule has 0 spiro atoms. The first-order valence-electron chi connectivity index (χ1n) is 10.1. The summed E-state index contributed by atoms with van der Waals surface area (Å²) in [5.74, 6) is -2.57. The van der Waals surface area contributed by atoms with Crippen LogP contribution in [0.15, 0.2) is 53.0 Å². The van der Waals surface area contributed by atoms with Crippen molar-refractivity contribution in [3.63, 3.8) is 0 Å². The van der Waals surface area contributed by atoms with Crippen LogP contribution < -0.4 is 0 Å². The summed E-state index contributed by atoms with van der Waals surface area (Å²) >= 11 is 10.5. The number of nitrogens with zero attached hydrogens (tertiary/aromatic N) is 3. The second-order valence-corrected chi connectivity index (χ2v) is 11.3. The van der Waals surface area contributed by atoms with Gasteiger partial charge in [-0.05, 0) is 36.6 Å². The Morgan fingerprint density at radius 3 is 2.15 bits per heavy atom. The molecule has 1 heterocycles. The van der Waals surface area contributed by atoms with Crippen LogP contribution >= 0.6 is 47.8 Å². The molecule has 172 valence electrons. The SMILES string of the molecule is O=C(c1cccc([N+](=O)[O-])c1)N(Cc1ccc(Br)cc1)N1C(=O)[C@H]2C[C@H](Br)[C@@H](Br)C[C@H]2C1=O. The van der Waals surface area contributed by atoms with Gasteiger partial charge in [0.2, 0.25) is 0 Å². The predicted octanol–water partition coefficient (Wildman–Crippen LogP) is 4.84. The molecule has 2 aromatic carbocycles. The van der Waals surface area contributed by atoms with E-state index in [1.165, 1.54) is 18.2 Å². The lowest BCUT2D eigenvalue weighted by Crippen LogP contribution is -2.49. The van der Waals surface area contributed by atoms with Gasteiger partial charge in [0.15, 0.2) is 0 Å². The topological polar surface area (TPSA) is 101 Å². The molecule has 0 aromatic heterocycles. The average molecular weight is 644 g/mol. The summed E-state index contributed by atoms with van der Waals surface area (Å²) in [4.78, 5) is 50.9. The van der Waals surface area contributed by atoms with Crippen molar-refractivity contribution in [2.24, 2.45) is 11.8 Å². The van der Waals surface area contributed by atoms with Crippen molar-refractivity contribution in [3.8, 4) is 0 Å². The Balaban J connectivity index is 1.72. The smallest absolute Gasteiger partial charge is 0.272 e. The number of hydrogen-bond donors (Lipinski definition) is 0. The molecule has 0 radical (unpaired) electrons. The highest BCUT2D eigenvalue weighted by molar-refractivity contribution is 9.12. The van der Waals surface area contributed by atoms with E-state index >= 15 is 0 Å². The van der Waals surface area contributed by atoms with Crippen LogP contribution in [0.3, 0.4) is 0 Å². The van der Waals surface area contributed by atoms with Crippen molar-refractivity contribution in [2.45, 2.75) is 29.0 Å². The number of nitro groups is 1. The standard InChI is InChI=1S/C22H18Br3N3O5/c23-14-6-4-12(5-7-14)11-26(20(29)13-2-1-3-15(8-13)28(32)33)27-21(30)16-9-18(24)19(25)10-17(16)22(27)31/h1-8,16-19H,9-11H2/t16-,17+,18-,19-/m0/s1. The first-order chi connectivity index (χ1) is 15.7. The molecule has 3 amide bonds. The minimum atomic E-state index is -0.659. The van der Waals surface area contributed by atoms with Crippen LogP contribution in [0.4, 0.5) is 5.69 Å². The quantitative estimate of drug-likeness (QED) is 0.201. The van der Waals surface area contributed by atoms with Gasteiger partial charge in [0.1, 0.15) is 0 Å². The Morgan fingerprint density at radius 1 is 1.03 bits per heavy atom. The van der Waals surface area contributed by atoms with E-state index in [0.29, 0.717) is 18.4 Å². The Morgan fingerprint density at radius 2 is 1.61 bits per heavy atom. The van der Waals surface area contributed by atoms with Crippen LogP contribution in [0.5, 0.6) is 0 Å². The molecule has 4 rings (SSSR count). The zero-order chi connectivity index (χ0) is 23.9. The molecule has 2 aromatic rings. The van der Waals surface area contributed by atoms with Gasteiger partial charge in [0.05, 0.1) is 23.3 Å². The summed E-state index contributed by atoms with van der Waals surface area (Å²) in [6.45, 7) is -0.0405. The van der Waals surface area contributed by atoms with Crippen molar-refractivity contribution in [1.82, 2.24) is 10.0 Å². The number of hydrogen-bond acceptors (Lipinski definition) is 5. The number of halogens is 3. The maximum absolute atomic E-state index is 13.5. The lowest BCUT2D eigenvalue weighted by molar-refractivity contribution is -0.384. The normalized spacial score (nSPS) is 24.5. The van der Waals surface area contributed by atoms with Crippen molar-refractivity contribution >= 4 is 71.2 Å². The second kappa shape index (κ2) is 9.63. The maximum Gasteiger partial charge on any atom is 0.273 e. The minimum absolute atomic E-state index is 0.0218. The van der Waals surface area contributed by atoms with Gasteiger partial charge in [-0.3, -0.25) is 24.5 Å². The molecule has 0 bridgehead atoms. The molecule has 2 fully saturated rings.